The maximum atomic E-state index is 16.7. The lowest BCUT2D eigenvalue weighted by Crippen LogP contribution is -2.62. The lowest BCUT2D eigenvalue weighted by Gasteiger charge is -2.44. The Hall–Kier alpha value is -3.93. The van der Waals surface area contributed by atoms with E-state index in [1.165, 1.54) is 17.2 Å². The van der Waals surface area contributed by atoms with E-state index in [4.69, 9.17) is 4.98 Å². The molecule has 0 spiro atoms. The predicted molar refractivity (Wildman–Crippen MR) is 193 cm³/mol. The molecule has 0 saturated carbocycles. The van der Waals surface area contributed by atoms with Gasteiger partial charge in [0.05, 0.1) is 11.0 Å². The minimum Gasteiger partial charge on any atom is -0.311 e. The molecule has 3 nitrogen and oxygen atoms in total. The molecular formula is C41H44BF2N3. The van der Waals surface area contributed by atoms with Crippen molar-refractivity contribution in [2.45, 2.75) is 92.9 Å². The van der Waals surface area contributed by atoms with Gasteiger partial charge in [0.15, 0.2) is 11.6 Å². The maximum absolute atomic E-state index is 16.7. The molecule has 3 aliphatic rings. The number of hydrogen-bond acceptors (Lipinski definition) is 2. The van der Waals surface area contributed by atoms with Gasteiger partial charge in [-0.1, -0.05) is 93.0 Å². The molecule has 6 heteroatoms. The molecule has 0 saturated heterocycles. The van der Waals surface area contributed by atoms with E-state index in [0.717, 1.165) is 51.5 Å². The third-order valence-corrected chi connectivity index (χ3v) is 13.1. The molecule has 0 radical (unpaired) electrons. The molecule has 8 rings (SSSR count). The number of fused-ring (bicyclic) bond motifs is 5. The fraction of sp³-hybridized carbons (Fsp3) is 0.390. The number of benzene rings is 4. The number of nitrogens with zero attached hydrogens (tertiary/aromatic N) is 3. The maximum Gasteiger partial charge on any atom is 0.256 e. The number of hydrogen-bond donors (Lipinski definition) is 0. The molecule has 3 heterocycles. The summed E-state index contributed by atoms with van der Waals surface area (Å²) in [7, 11) is 0. The molecular weight excluding hydrogens is 583 g/mol. The zero-order valence-electron chi connectivity index (χ0n) is 29.4. The summed E-state index contributed by atoms with van der Waals surface area (Å²) in [5.74, 6) is -0.770. The first-order chi connectivity index (χ1) is 22.0. The van der Waals surface area contributed by atoms with E-state index in [9.17, 15) is 0 Å². The number of aryl methyl sites for hydroxylation is 1. The van der Waals surface area contributed by atoms with E-state index in [0.29, 0.717) is 22.9 Å². The highest BCUT2D eigenvalue weighted by Crippen LogP contribution is 2.62. The number of para-hydroxylation sites is 1. The van der Waals surface area contributed by atoms with Gasteiger partial charge in [-0.15, -0.1) is 0 Å². The summed E-state index contributed by atoms with van der Waals surface area (Å²) in [5, 5.41) is 0. The van der Waals surface area contributed by atoms with E-state index in [-0.39, 0.29) is 21.7 Å². The fourth-order valence-corrected chi connectivity index (χ4v) is 8.84. The number of rotatable bonds is 4. The van der Waals surface area contributed by atoms with Crippen molar-refractivity contribution in [1.82, 2.24) is 9.55 Å². The van der Waals surface area contributed by atoms with Crippen LogP contribution in [0.2, 0.25) is 0 Å². The monoisotopic (exact) mass is 627 g/mol. The summed E-state index contributed by atoms with van der Waals surface area (Å²) in [4.78, 5) is 7.42. The molecule has 0 amide bonds. The van der Waals surface area contributed by atoms with E-state index in [1.807, 2.05) is 6.07 Å². The van der Waals surface area contributed by atoms with Crippen LogP contribution in [0.25, 0.3) is 16.7 Å². The van der Waals surface area contributed by atoms with Crippen LogP contribution in [0.15, 0.2) is 60.7 Å². The Bertz CT molecular complexity index is 2160. The van der Waals surface area contributed by atoms with E-state index >= 15 is 8.78 Å². The van der Waals surface area contributed by atoms with Gasteiger partial charge in [-0.05, 0) is 92.0 Å². The quantitative estimate of drug-likeness (QED) is 0.182. The molecule has 5 aromatic rings. The largest absolute Gasteiger partial charge is 0.311 e. The minimum absolute atomic E-state index is 0.0344. The van der Waals surface area contributed by atoms with Crippen molar-refractivity contribution in [3.8, 4) is 5.69 Å². The molecule has 0 fully saturated rings. The average Bonchev–Trinajstić information content (AvgIpc) is 3.40. The van der Waals surface area contributed by atoms with Gasteiger partial charge in [-0.2, -0.15) is 0 Å². The van der Waals surface area contributed by atoms with Crippen LogP contribution < -0.4 is 21.3 Å². The second-order valence-electron chi connectivity index (χ2n) is 16.7. The first kappa shape index (κ1) is 30.4. The molecule has 47 heavy (non-hydrogen) atoms. The molecule has 0 bridgehead atoms. The van der Waals surface area contributed by atoms with Crippen LogP contribution in [0.4, 0.5) is 25.8 Å². The predicted octanol–water partition coefficient (Wildman–Crippen LogP) is 8.80. The van der Waals surface area contributed by atoms with Gasteiger partial charge >= 0.3 is 0 Å². The third kappa shape index (κ3) is 3.76. The summed E-state index contributed by atoms with van der Waals surface area (Å²) in [6.07, 6.45) is 1.65. The number of halogens is 2. The Morgan fingerprint density at radius 3 is 2.11 bits per heavy atom. The van der Waals surface area contributed by atoms with Gasteiger partial charge in [0.1, 0.15) is 5.82 Å². The zero-order chi connectivity index (χ0) is 33.6. The Labute approximate surface area is 278 Å². The van der Waals surface area contributed by atoms with Gasteiger partial charge < -0.3 is 4.90 Å². The van der Waals surface area contributed by atoms with Gasteiger partial charge in [-0.3, -0.25) is 4.57 Å². The van der Waals surface area contributed by atoms with Crippen LogP contribution in [0.3, 0.4) is 0 Å². The Morgan fingerprint density at radius 1 is 0.809 bits per heavy atom. The highest BCUT2D eigenvalue weighted by Gasteiger charge is 2.58. The van der Waals surface area contributed by atoms with E-state index in [2.05, 4.69) is 127 Å². The van der Waals surface area contributed by atoms with Crippen LogP contribution in [0, 0.1) is 29.4 Å². The molecule has 240 valence electrons. The van der Waals surface area contributed by atoms with Gasteiger partial charge in [-0.25, -0.2) is 13.8 Å². The van der Waals surface area contributed by atoms with E-state index < -0.39 is 18.3 Å². The molecule has 0 unspecified atom stereocenters. The van der Waals surface area contributed by atoms with Crippen molar-refractivity contribution in [2.24, 2.45) is 10.8 Å². The van der Waals surface area contributed by atoms with Crippen LogP contribution in [-0.2, 0) is 17.3 Å². The molecule has 1 aromatic heterocycles. The highest BCUT2D eigenvalue weighted by molar-refractivity contribution is 7.00. The van der Waals surface area contributed by atoms with Crippen LogP contribution in [0.5, 0.6) is 0 Å². The Kier molecular flexibility index (Phi) is 6.06. The lowest BCUT2D eigenvalue weighted by atomic mass is 9.33. The lowest BCUT2D eigenvalue weighted by molar-refractivity contribution is 0.125. The summed E-state index contributed by atoms with van der Waals surface area (Å²) >= 11 is 0. The van der Waals surface area contributed by atoms with Crippen molar-refractivity contribution in [3.63, 3.8) is 0 Å². The summed E-state index contributed by atoms with van der Waals surface area (Å²) < 4.78 is 34.6. The van der Waals surface area contributed by atoms with Crippen LogP contribution in [-0.4, -0.2) is 16.3 Å². The van der Waals surface area contributed by atoms with Crippen LogP contribution in [0.1, 0.15) is 91.2 Å². The Balaban J connectivity index is 1.55. The average molecular weight is 628 g/mol. The van der Waals surface area contributed by atoms with Crippen molar-refractivity contribution in [3.05, 3.63) is 94.8 Å². The minimum atomic E-state index is -0.841. The second kappa shape index (κ2) is 9.36. The highest BCUT2D eigenvalue weighted by atomic mass is 19.2. The molecule has 1 aliphatic carbocycles. The normalized spacial score (nSPS) is 18.0. The molecule has 0 atom stereocenters. The molecule has 0 N–H and O–H groups in total. The van der Waals surface area contributed by atoms with Gasteiger partial charge in [0, 0.05) is 35.2 Å². The van der Waals surface area contributed by atoms with Crippen molar-refractivity contribution < 1.29 is 8.78 Å². The number of imidazole rings is 1. The van der Waals surface area contributed by atoms with Crippen molar-refractivity contribution in [2.75, 3.05) is 4.90 Å². The standard InChI is InChI=1S/C41H44BF2N3/c1-11-38(3,4)22-33-45-29-21-28(43)36(44)35-37(29)47(33)32-18-23(2)17-31-34(32)42(35)27-19-25-26(40(7,8)41(9,10)39(25,5)6)20-30(27)46(31)24-15-13-12-14-16-24/h12-21H,11,22H2,1-10H3. The third-order valence-electron chi connectivity index (χ3n) is 13.1. The SMILES string of the molecule is CCC(C)(C)Cc1nc2cc(F)c(F)c3c2n1-c1cc(C)cc2c1B3c1cc3c(cc1N2c1ccccc1)C(C)(C)C(C)(C)C3(C)C. The smallest absolute Gasteiger partial charge is 0.256 e. The van der Waals surface area contributed by atoms with E-state index in [1.54, 1.807) is 0 Å². The first-order valence-electron chi connectivity index (χ1n) is 17.1. The topological polar surface area (TPSA) is 21.1 Å². The van der Waals surface area contributed by atoms with Crippen molar-refractivity contribution >= 4 is 51.2 Å². The number of aromatic nitrogens is 2. The molecule has 4 aromatic carbocycles. The number of anilines is 3. The first-order valence-corrected chi connectivity index (χ1v) is 17.1. The zero-order valence-corrected chi connectivity index (χ0v) is 29.4. The summed E-state index contributed by atoms with van der Waals surface area (Å²) in [6, 6.07) is 20.9. The van der Waals surface area contributed by atoms with Crippen LogP contribution >= 0.6 is 0 Å². The summed E-state index contributed by atoms with van der Waals surface area (Å²) in [5.41, 5.74) is 11.1. The second-order valence-corrected chi connectivity index (χ2v) is 16.7. The molecule has 2 aliphatic heterocycles. The fourth-order valence-electron chi connectivity index (χ4n) is 8.84. The Morgan fingerprint density at radius 2 is 1.45 bits per heavy atom. The van der Waals surface area contributed by atoms with Gasteiger partial charge in [0.25, 0.3) is 6.71 Å². The van der Waals surface area contributed by atoms with Gasteiger partial charge in [0.2, 0.25) is 0 Å². The summed E-state index contributed by atoms with van der Waals surface area (Å²) in [6.45, 7) is 22.4. The van der Waals surface area contributed by atoms with Crippen molar-refractivity contribution in [1.29, 1.82) is 0 Å².